The Kier molecular flexibility index (Phi) is 5.64. The number of allylic oxidation sites excluding steroid dienone is 1. The van der Waals surface area contributed by atoms with E-state index < -0.39 is 0 Å². The van der Waals surface area contributed by atoms with Crippen LogP contribution >= 0.6 is 0 Å². The molecule has 0 aromatic carbocycles. The molecule has 1 heterocycles. The minimum Gasteiger partial charge on any atom is -0.359 e. The number of hydrogen-bond acceptors (Lipinski definition) is 1. The highest BCUT2D eigenvalue weighted by atomic mass is 15.2. The summed E-state index contributed by atoms with van der Waals surface area (Å²) in [6.45, 7) is 13.6. The van der Waals surface area contributed by atoms with Gasteiger partial charge in [0.1, 0.15) is 0 Å². The smallest absolute Gasteiger partial charge is 0.0859 e. The maximum atomic E-state index is 4.65. The van der Waals surface area contributed by atoms with Crippen molar-refractivity contribution in [2.24, 2.45) is 10.9 Å². The summed E-state index contributed by atoms with van der Waals surface area (Å²) in [5.74, 6) is 0.432. The molecular weight excluding hydrogens is 220 g/mol. The van der Waals surface area contributed by atoms with E-state index in [-0.39, 0.29) is 5.54 Å². The maximum Gasteiger partial charge on any atom is 0.0859 e. The Hall–Kier alpha value is -1.05. The van der Waals surface area contributed by atoms with Gasteiger partial charge in [-0.3, -0.25) is 4.99 Å². The molecule has 1 saturated heterocycles. The molecular formula is C16H28N2. The second-order valence-electron chi connectivity index (χ2n) is 6.06. The Balaban J connectivity index is 2.79. The molecule has 1 rings (SSSR count). The summed E-state index contributed by atoms with van der Waals surface area (Å²) in [7, 11) is 0. The van der Waals surface area contributed by atoms with Gasteiger partial charge >= 0.3 is 0 Å². The van der Waals surface area contributed by atoms with Crippen LogP contribution in [0.5, 0.6) is 0 Å². The summed E-state index contributed by atoms with van der Waals surface area (Å²) < 4.78 is 0. The third-order valence-electron chi connectivity index (χ3n) is 3.32. The molecule has 102 valence electrons. The van der Waals surface area contributed by atoms with E-state index in [4.69, 9.17) is 0 Å². The van der Waals surface area contributed by atoms with Crippen LogP contribution in [0.2, 0.25) is 0 Å². The lowest BCUT2D eigenvalue weighted by Crippen LogP contribution is -2.42. The topological polar surface area (TPSA) is 15.6 Å². The molecule has 18 heavy (non-hydrogen) atoms. The lowest BCUT2D eigenvalue weighted by molar-refractivity contribution is 0.220. The molecule has 0 saturated carbocycles. The van der Waals surface area contributed by atoms with Crippen LogP contribution in [-0.2, 0) is 0 Å². The summed E-state index contributed by atoms with van der Waals surface area (Å²) in [5, 5.41) is 0. The first kappa shape index (κ1) is 15.0. The van der Waals surface area contributed by atoms with Crippen LogP contribution in [0, 0.1) is 5.92 Å². The van der Waals surface area contributed by atoms with Crippen molar-refractivity contribution in [3.63, 3.8) is 0 Å². The molecule has 2 heteroatoms. The van der Waals surface area contributed by atoms with E-state index in [9.17, 15) is 0 Å². The normalized spacial score (nSPS) is 23.8. The van der Waals surface area contributed by atoms with Crippen molar-refractivity contribution >= 4 is 6.34 Å². The van der Waals surface area contributed by atoms with Crippen LogP contribution in [0.1, 0.15) is 47.0 Å². The maximum absolute atomic E-state index is 4.65. The lowest BCUT2D eigenvalue weighted by Gasteiger charge is -2.38. The molecule has 0 aromatic heterocycles. The van der Waals surface area contributed by atoms with Crippen LogP contribution in [0.3, 0.4) is 0 Å². The van der Waals surface area contributed by atoms with Gasteiger partial charge in [-0.15, -0.1) is 6.58 Å². The van der Waals surface area contributed by atoms with E-state index in [0.717, 1.165) is 6.54 Å². The Morgan fingerprint density at radius 3 is 2.61 bits per heavy atom. The van der Waals surface area contributed by atoms with Crippen molar-refractivity contribution in [2.45, 2.75) is 58.5 Å². The first-order chi connectivity index (χ1) is 8.48. The molecule has 2 unspecified atom stereocenters. The molecule has 1 aliphatic rings. The molecule has 0 N–H and O–H groups in total. The van der Waals surface area contributed by atoms with Crippen molar-refractivity contribution in [1.29, 1.82) is 0 Å². The largest absolute Gasteiger partial charge is 0.359 e. The average Bonchev–Trinajstić information content (AvgIpc) is 2.33. The van der Waals surface area contributed by atoms with E-state index in [0.29, 0.717) is 12.0 Å². The number of nitrogens with zero attached hydrogens (tertiary/aromatic N) is 2. The summed E-state index contributed by atoms with van der Waals surface area (Å²) in [6.07, 6.45) is 12.3. The number of piperidine rings is 1. The number of rotatable bonds is 4. The van der Waals surface area contributed by atoms with Crippen molar-refractivity contribution in [3.8, 4) is 0 Å². The summed E-state index contributed by atoms with van der Waals surface area (Å²) in [6, 6.07) is 0.526. The van der Waals surface area contributed by atoms with E-state index in [1.165, 1.54) is 19.3 Å². The third kappa shape index (κ3) is 4.67. The van der Waals surface area contributed by atoms with E-state index in [2.05, 4.69) is 68.7 Å². The van der Waals surface area contributed by atoms with Gasteiger partial charge in [0.05, 0.1) is 11.9 Å². The molecule has 2 atom stereocenters. The molecule has 0 aromatic rings. The Morgan fingerprint density at radius 2 is 2.06 bits per heavy atom. The van der Waals surface area contributed by atoms with Crippen LogP contribution < -0.4 is 0 Å². The molecule has 2 nitrogen and oxygen atoms in total. The van der Waals surface area contributed by atoms with Gasteiger partial charge in [-0.05, 0) is 47.0 Å². The molecule has 0 bridgehead atoms. The second-order valence-corrected chi connectivity index (χ2v) is 6.06. The van der Waals surface area contributed by atoms with Gasteiger partial charge in [-0.1, -0.05) is 18.2 Å². The van der Waals surface area contributed by atoms with E-state index in [1.54, 1.807) is 0 Å². The third-order valence-corrected chi connectivity index (χ3v) is 3.32. The molecule has 0 amide bonds. The second kappa shape index (κ2) is 6.77. The monoisotopic (exact) mass is 248 g/mol. The van der Waals surface area contributed by atoms with Gasteiger partial charge in [0, 0.05) is 18.5 Å². The van der Waals surface area contributed by atoms with Gasteiger partial charge in [-0.2, -0.15) is 0 Å². The standard InChI is InChI=1S/C16H28N2/c1-6-10-14(7-2)15-11-8-9-12-18(15)13-17-16(3,4)5/h6-7,10,13-15H,2,8-9,11-12H2,1,3-5H3/b10-6+,17-13?. The fraction of sp³-hybridized carbons (Fsp3) is 0.688. The summed E-state index contributed by atoms with van der Waals surface area (Å²) in [4.78, 5) is 7.05. The molecule has 1 fully saturated rings. The van der Waals surface area contributed by atoms with Gasteiger partial charge in [0.2, 0.25) is 0 Å². The van der Waals surface area contributed by atoms with Gasteiger partial charge in [0.15, 0.2) is 0 Å². The number of likely N-dealkylation sites (tertiary alicyclic amines) is 1. The Bertz CT molecular complexity index is 310. The zero-order chi connectivity index (χ0) is 13.6. The molecule has 0 aliphatic carbocycles. The van der Waals surface area contributed by atoms with Gasteiger partial charge in [0.25, 0.3) is 0 Å². The summed E-state index contributed by atoms with van der Waals surface area (Å²) >= 11 is 0. The first-order valence-corrected chi connectivity index (χ1v) is 7.04. The van der Waals surface area contributed by atoms with Crippen LogP contribution in [0.4, 0.5) is 0 Å². The van der Waals surface area contributed by atoms with Crippen LogP contribution in [0.15, 0.2) is 29.8 Å². The fourth-order valence-electron chi connectivity index (χ4n) is 2.37. The zero-order valence-electron chi connectivity index (χ0n) is 12.4. The molecule has 0 radical (unpaired) electrons. The predicted molar refractivity (Wildman–Crippen MR) is 81.1 cm³/mol. The fourth-order valence-corrected chi connectivity index (χ4v) is 2.37. The summed E-state index contributed by atoms with van der Waals surface area (Å²) in [5.41, 5.74) is 0.00622. The van der Waals surface area contributed by atoms with E-state index >= 15 is 0 Å². The Morgan fingerprint density at radius 1 is 1.33 bits per heavy atom. The molecule has 0 spiro atoms. The zero-order valence-corrected chi connectivity index (χ0v) is 12.4. The lowest BCUT2D eigenvalue weighted by atomic mass is 9.90. The highest BCUT2D eigenvalue weighted by Gasteiger charge is 2.25. The van der Waals surface area contributed by atoms with Crippen LogP contribution in [-0.4, -0.2) is 29.4 Å². The number of hydrogen-bond donors (Lipinski definition) is 0. The van der Waals surface area contributed by atoms with Crippen molar-refractivity contribution < 1.29 is 0 Å². The van der Waals surface area contributed by atoms with Gasteiger partial charge < -0.3 is 4.90 Å². The number of aliphatic imine (C=N–C) groups is 1. The highest BCUT2D eigenvalue weighted by molar-refractivity contribution is 5.56. The quantitative estimate of drug-likeness (QED) is 0.416. The van der Waals surface area contributed by atoms with Crippen molar-refractivity contribution in [1.82, 2.24) is 4.90 Å². The Labute approximate surface area is 112 Å². The van der Waals surface area contributed by atoms with E-state index in [1.807, 2.05) is 0 Å². The van der Waals surface area contributed by atoms with Crippen molar-refractivity contribution in [2.75, 3.05) is 6.54 Å². The highest BCUT2D eigenvalue weighted by Crippen LogP contribution is 2.24. The minimum absolute atomic E-state index is 0.00622. The average molecular weight is 248 g/mol. The SMILES string of the molecule is C=CC(/C=C/C)C1CCCCN1C=NC(C)(C)C. The van der Waals surface area contributed by atoms with Crippen LogP contribution in [0.25, 0.3) is 0 Å². The van der Waals surface area contributed by atoms with Crippen molar-refractivity contribution in [3.05, 3.63) is 24.8 Å². The molecule has 1 aliphatic heterocycles. The van der Waals surface area contributed by atoms with Gasteiger partial charge in [-0.25, -0.2) is 0 Å². The first-order valence-electron chi connectivity index (χ1n) is 7.04. The minimum atomic E-state index is 0.00622. The predicted octanol–water partition coefficient (Wildman–Crippen LogP) is 4.05.